The maximum Gasteiger partial charge on any atom is 0.307 e. The molecule has 4 rings (SSSR count). The number of aromatic nitrogens is 1. The molecule has 1 heterocycles. The molecule has 1 amide bonds. The van der Waals surface area contributed by atoms with Crippen molar-refractivity contribution < 1.29 is 14.7 Å². The van der Waals surface area contributed by atoms with Crippen molar-refractivity contribution in [2.24, 2.45) is 0 Å². The van der Waals surface area contributed by atoms with E-state index < -0.39 is 17.4 Å². The first-order valence-electron chi connectivity index (χ1n) is 11.4. The Morgan fingerprint density at radius 2 is 1.66 bits per heavy atom. The number of benzene rings is 2. The van der Waals surface area contributed by atoms with Gasteiger partial charge in [-0.15, -0.1) is 0 Å². The highest BCUT2D eigenvalue weighted by molar-refractivity contribution is 9.10. The van der Waals surface area contributed by atoms with Gasteiger partial charge in [-0.25, -0.2) is 4.98 Å². The highest BCUT2D eigenvalue weighted by Gasteiger charge is 2.37. The van der Waals surface area contributed by atoms with E-state index in [1.165, 1.54) is 6.08 Å². The van der Waals surface area contributed by atoms with Gasteiger partial charge in [0, 0.05) is 0 Å². The first-order valence-corrected chi connectivity index (χ1v) is 12.2. The normalized spacial score (nSPS) is 14.8. The number of nitrogens with zero attached hydrogens (tertiary/aromatic N) is 2. The Morgan fingerprint density at radius 3 is 2.23 bits per heavy atom. The molecule has 1 aliphatic carbocycles. The molecule has 1 aliphatic rings. The lowest BCUT2D eigenvalue weighted by atomic mass is 9.86. The van der Waals surface area contributed by atoms with Gasteiger partial charge in [-0.3, -0.25) is 9.59 Å². The molecular weight excluding hydrogens is 506 g/mol. The number of carbonyl (C=O) groups is 2. The molecule has 7 heteroatoms. The highest BCUT2D eigenvalue weighted by atomic mass is 79.9. The minimum atomic E-state index is -0.853. The number of carboxylic acid groups (broad SMARTS) is 1. The second-order valence-electron chi connectivity index (χ2n) is 8.64. The Bertz CT molecular complexity index is 1300. The van der Waals surface area contributed by atoms with E-state index in [4.69, 9.17) is 5.11 Å². The summed E-state index contributed by atoms with van der Waals surface area (Å²) in [5.41, 5.74) is 3.78. The maximum absolute atomic E-state index is 13.1. The van der Waals surface area contributed by atoms with E-state index >= 15 is 0 Å². The maximum atomic E-state index is 13.1. The van der Waals surface area contributed by atoms with Crippen LogP contribution in [0.1, 0.15) is 42.5 Å². The van der Waals surface area contributed by atoms with Gasteiger partial charge in [-0.2, -0.15) is 5.26 Å². The van der Waals surface area contributed by atoms with Crippen LogP contribution in [0.25, 0.3) is 17.2 Å². The fraction of sp³-hybridized carbons (Fsp3) is 0.214. The van der Waals surface area contributed by atoms with Crippen molar-refractivity contribution in [1.29, 1.82) is 5.26 Å². The minimum absolute atomic E-state index is 0.00181. The molecule has 2 N–H and O–H groups in total. The van der Waals surface area contributed by atoms with Crippen LogP contribution in [0.4, 0.5) is 0 Å². The van der Waals surface area contributed by atoms with Crippen LogP contribution in [0, 0.1) is 11.3 Å². The van der Waals surface area contributed by atoms with Crippen LogP contribution >= 0.6 is 15.9 Å². The van der Waals surface area contributed by atoms with Gasteiger partial charge in [0.1, 0.15) is 16.2 Å². The smallest absolute Gasteiger partial charge is 0.307 e. The molecule has 35 heavy (non-hydrogen) atoms. The Balaban J connectivity index is 1.55. The zero-order valence-electron chi connectivity index (χ0n) is 19.0. The fourth-order valence-corrected chi connectivity index (χ4v) is 4.88. The largest absolute Gasteiger partial charge is 0.481 e. The molecule has 0 spiro atoms. The van der Waals surface area contributed by atoms with Crippen LogP contribution in [0.2, 0.25) is 0 Å². The van der Waals surface area contributed by atoms with Gasteiger partial charge in [0.25, 0.3) is 5.91 Å². The van der Waals surface area contributed by atoms with Crippen molar-refractivity contribution in [3.63, 3.8) is 0 Å². The van der Waals surface area contributed by atoms with Gasteiger partial charge in [0.2, 0.25) is 0 Å². The van der Waals surface area contributed by atoms with Crippen LogP contribution in [0.5, 0.6) is 0 Å². The SMILES string of the molecule is N#CC(=Cc1cccc(Br)n1)C(=O)NC1(c2ccc(-c3ccc(CC(=O)O)cc3)cc2)CCCC1. The quantitative estimate of drug-likeness (QED) is 0.234. The topological polar surface area (TPSA) is 103 Å². The summed E-state index contributed by atoms with van der Waals surface area (Å²) >= 11 is 3.31. The van der Waals surface area contributed by atoms with Crippen molar-refractivity contribution in [1.82, 2.24) is 10.3 Å². The molecule has 6 nitrogen and oxygen atoms in total. The number of carboxylic acids is 1. The predicted molar refractivity (Wildman–Crippen MR) is 137 cm³/mol. The first kappa shape index (κ1) is 24.4. The number of nitriles is 1. The van der Waals surface area contributed by atoms with Crippen LogP contribution in [-0.4, -0.2) is 22.0 Å². The summed E-state index contributed by atoms with van der Waals surface area (Å²) in [6.45, 7) is 0. The molecule has 3 aromatic rings. The third-order valence-electron chi connectivity index (χ3n) is 6.28. The summed E-state index contributed by atoms with van der Waals surface area (Å²) in [6, 6.07) is 22.9. The van der Waals surface area contributed by atoms with E-state index in [0.717, 1.165) is 47.9 Å². The summed E-state index contributed by atoms with van der Waals surface area (Å²) in [6.07, 6.45) is 5.08. The van der Waals surface area contributed by atoms with Gasteiger partial charge in [0.15, 0.2) is 0 Å². The number of aliphatic carboxylic acids is 1. The predicted octanol–water partition coefficient (Wildman–Crippen LogP) is 5.63. The number of pyridine rings is 1. The lowest BCUT2D eigenvalue weighted by Crippen LogP contribution is -2.44. The van der Waals surface area contributed by atoms with Gasteiger partial charge >= 0.3 is 5.97 Å². The Kier molecular flexibility index (Phi) is 7.42. The van der Waals surface area contributed by atoms with E-state index in [2.05, 4.69) is 26.2 Å². The van der Waals surface area contributed by atoms with Crippen LogP contribution in [0.15, 0.2) is 76.9 Å². The van der Waals surface area contributed by atoms with E-state index in [1.807, 2.05) is 54.6 Å². The van der Waals surface area contributed by atoms with E-state index in [0.29, 0.717) is 10.3 Å². The van der Waals surface area contributed by atoms with Crippen molar-refractivity contribution >= 4 is 33.9 Å². The van der Waals surface area contributed by atoms with Crippen molar-refractivity contribution in [2.45, 2.75) is 37.6 Å². The molecule has 0 radical (unpaired) electrons. The van der Waals surface area contributed by atoms with E-state index in [1.54, 1.807) is 18.2 Å². The third kappa shape index (κ3) is 5.84. The van der Waals surface area contributed by atoms with Crippen molar-refractivity contribution in [3.05, 3.63) is 93.7 Å². The van der Waals surface area contributed by atoms with Gasteiger partial charge in [-0.1, -0.05) is 67.4 Å². The molecule has 0 unspecified atom stereocenters. The average molecular weight is 530 g/mol. The third-order valence-corrected chi connectivity index (χ3v) is 6.73. The van der Waals surface area contributed by atoms with Crippen molar-refractivity contribution in [3.8, 4) is 17.2 Å². The summed E-state index contributed by atoms with van der Waals surface area (Å²) in [5, 5.41) is 21.7. The number of halogens is 1. The second kappa shape index (κ2) is 10.7. The number of hydrogen-bond donors (Lipinski definition) is 2. The molecule has 2 aromatic carbocycles. The molecule has 1 saturated carbocycles. The zero-order chi connectivity index (χ0) is 24.8. The van der Waals surface area contributed by atoms with Crippen LogP contribution in [0.3, 0.4) is 0 Å². The fourth-order valence-electron chi connectivity index (χ4n) is 4.52. The number of carbonyl (C=O) groups excluding carboxylic acids is 1. The van der Waals surface area contributed by atoms with Crippen LogP contribution < -0.4 is 5.32 Å². The second-order valence-corrected chi connectivity index (χ2v) is 9.46. The monoisotopic (exact) mass is 529 g/mol. The van der Waals surface area contributed by atoms with Crippen molar-refractivity contribution in [2.75, 3.05) is 0 Å². The lowest BCUT2D eigenvalue weighted by molar-refractivity contribution is -0.136. The molecule has 1 aromatic heterocycles. The Hall–Kier alpha value is -3.76. The van der Waals surface area contributed by atoms with E-state index in [9.17, 15) is 14.9 Å². The summed E-state index contributed by atoms with van der Waals surface area (Å²) in [5.74, 6) is -1.26. The molecule has 0 atom stereocenters. The molecule has 1 fully saturated rings. The summed E-state index contributed by atoms with van der Waals surface area (Å²) < 4.78 is 0.632. The van der Waals surface area contributed by atoms with Gasteiger partial charge in [-0.05, 0) is 69.2 Å². The first-order chi connectivity index (χ1) is 16.9. The Labute approximate surface area is 212 Å². The van der Waals surface area contributed by atoms with Gasteiger partial charge in [0.05, 0.1) is 17.7 Å². The molecule has 176 valence electrons. The van der Waals surface area contributed by atoms with Gasteiger partial charge < -0.3 is 10.4 Å². The minimum Gasteiger partial charge on any atom is -0.481 e. The average Bonchev–Trinajstić information content (AvgIpc) is 3.32. The van der Waals surface area contributed by atoms with E-state index in [-0.39, 0.29) is 12.0 Å². The highest BCUT2D eigenvalue weighted by Crippen LogP contribution is 2.39. The Morgan fingerprint density at radius 1 is 1.03 bits per heavy atom. The number of rotatable bonds is 7. The van der Waals surface area contributed by atoms with Crippen LogP contribution in [-0.2, 0) is 21.5 Å². The lowest BCUT2D eigenvalue weighted by Gasteiger charge is -2.31. The molecular formula is C28H24BrN3O3. The molecule has 0 aliphatic heterocycles. The summed E-state index contributed by atoms with van der Waals surface area (Å²) in [7, 11) is 0. The zero-order valence-corrected chi connectivity index (χ0v) is 20.6. The molecule has 0 bridgehead atoms. The number of amides is 1. The number of hydrogen-bond acceptors (Lipinski definition) is 4. The molecule has 0 saturated heterocycles. The number of nitrogens with one attached hydrogen (secondary N) is 1. The standard InChI is InChI=1S/C28H24BrN3O3/c29-25-5-3-4-24(31-25)17-22(18-30)27(35)32-28(14-1-2-15-28)23-12-10-21(11-13-23)20-8-6-19(7-9-20)16-26(33)34/h3-13,17H,1-2,14-16H2,(H,32,35)(H,33,34). The summed E-state index contributed by atoms with van der Waals surface area (Å²) in [4.78, 5) is 28.3.